The SMILES string of the molecule is COc1ccccc1CN1CCCn2cccc2[C@@H]1c1cccc(C(F)(F)F)c1. The second-order valence-corrected chi connectivity index (χ2v) is 7.29. The zero-order chi connectivity index (χ0) is 20.4. The second-order valence-electron chi connectivity index (χ2n) is 7.29. The van der Waals surface area contributed by atoms with Crippen molar-refractivity contribution in [2.75, 3.05) is 13.7 Å². The number of hydrogen-bond donors (Lipinski definition) is 0. The molecule has 0 aliphatic carbocycles. The molecule has 152 valence electrons. The summed E-state index contributed by atoms with van der Waals surface area (Å²) in [5.74, 6) is 0.787. The fraction of sp³-hybridized carbons (Fsp3) is 0.304. The van der Waals surface area contributed by atoms with Gasteiger partial charge in [-0.15, -0.1) is 0 Å². The van der Waals surface area contributed by atoms with Crippen LogP contribution in [0.1, 0.15) is 34.8 Å². The molecule has 0 saturated carbocycles. The van der Waals surface area contributed by atoms with Crippen LogP contribution in [0.5, 0.6) is 5.75 Å². The first-order valence-electron chi connectivity index (χ1n) is 9.65. The van der Waals surface area contributed by atoms with Crippen LogP contribution in [0, 0.1) is 0 Å². The Balaban J connectivity index is 1.78. The van der Waals surface area contributed by atoms with Gasteiger partial charge in [-0.1, -0.05) is 30.3 Å². The van der Waals surface area contributed by atoms with Gasteiger partial charge in [-0.05, 0) is 42.3 Å². The van der Waals surface area contributed by atoms with E-state index in [9.17, 15) is 13.2 Å². The third-order valence-electron chi connectivity index (χ3n) is 5.45. The van der Waals surface area contributed by atoms with E-state index in [0.717, 1.165) is 42.6 Å². The highest BCUT2D eigenvalue weighted by molar-refractivity contribution is 5.36. The van der Waals surface area contributed by atoms with Gasteiger partial charge in [-0.25, -0.2) is 0 Å². The second kappa shape index (κ2) is 7.95. The van der Waals surface area contributed by atoms with Crippen LogP contribution in [-0.4, -0.2) is 23.1 Å². The largest absolute Gasteiger partial charge is 0.496 e. The smallest absolute Gasteiger partial charge is 0.416 e. The molecular weight excluding hydrogens is 377 g/mol. The summed E-state index contributed by atoms with van der Waals surface area (Å²) in [5.41, 5.74) is 2.06. The van der Waals surface area contributed by atoms with Gasteiger partial charge in [0.05, 0.1) is 18.7 Å². The Kier molecular flexibility index (Phi) is 5.37. The van der Waals surface area contributed by atoms with Crippen LogP contribution in [0.3, 0.4) is 0 Å². The van der Waals surface area contributed by atoms with Crippen molar-refractivity contribution < 1.29 is 17.9 Å². The van der Waals surface area contributed by atoms with E-state index in [0.29, 0.717) is 12.1 Å². The molecule has 2 heterocycles. The summed E-state index contributed by atoms with van der Waals surface area (Å²) < 4.78 is 47.7. The van der Waals surface area contributed by atoms with Crippen molar-refractivity contribution >= 4 is 0 Å². The number of aromatic nitrogens is 1. The van der Waals surface area contributed by atoms with Gasteiger partial charge in [0.2, 0.25) is 0 Å². The Bertz CT molecular complexity index is 980. The average Bonchev–Trinajstić information content (AvgIpc) is 3.09. The highest BCUT2D eigenvalue weighted by Crippen LogP contribution is 2.37. The van der Waals surface area contributed by atoms with E-state index in [1.54, 1.807) is 13.2 Å². The molecule has 0 unspecified atom stereocenters. The molecule has 3 nitrogen and oxygen atoms in total. The van der Waals surface area contributed by atoms with E-state index in [2.05, 4.69) is 9.47 Å². The first-order valence-corrected chi connectivity index (χ1v) is 9.65. The summed E-state index contributed by atoms with van der Waals surface area (Å²) in [4.78, 5) is 2.24. The summed E-state index contributed by atoms with van der Waals surface area (Å²) in [6.07, 6.45) is -1.44. The molecule has 0 spiro atoms. The van der Waals surface area contributed by atoms with Crippen molar-refractivity contribution in [3.8, 4) is 5.75 Å². The maximum Gasteiger partial charge on any atom is 0.416 e. The first-order chi connectivity index (χ1) is 14.0. The zero-order valence-corrected chi connectivity index (χ0v) is 16.2. The van der Waals surface area contributed by atoms with E-state index in [4.69, 9.17) is 4.74 Å². The first kappa shape index (κ1) is 19.6. The number of ether oxygens (including phenoxy) is 1. The molecule has 0 bridgehead atoms. The predicted octanol–water partition coefficient (Wildman–Crippen LogP) is 5.51. The van der Waals surface area contributed by atoms with Gasteiger partial charge in [0.25, 0.3) is 0 Å². The maximum atomic E-state index is 13.4. The van der Waals surface area contributed by atoms with Crippen molar-refractivity contribution in [2.24, 2.45) is 0 Å². The minimum absolute atomic E-state index is 0.264. The lowest BCUT2D eigenvalue weighted by Gasteiger charge is -2.31. The number of halogens is 3. The number of methoxy groups -OCH3 is 1. The number of fused-ring (bicyclic) bond motifs is 1. The van der Waals surface area contributed by atoms with Gasteiger partial charge in [0, 0.05) is 37.1 Å². The molecule has 3 aromatic rings. The summed E-state index contributed by atoms with van der Waals surface area (Å²) in [7, 11) is 1.64. The van der Waals surface area contributed by atoms with Crippen LogP contribution in [0.25, 0.3) is 0 Å². The van der Waals surface area contributed by atoms with Gasteiger partial charge >= 0.3 is 6.18 Å². The lowest BCUT2D eigenvalue weighted by molar-refractivity contribution is -0.137. The Morgan fingerprint density at radius 2 is 1.83 bits per heavy atom. The molecule has 1 atom stereocenters. The van der Waals surface area contributed by atoms with Crippen LogP contribution in [-0.2, 0) is 19.3 Å². The van der Waals surface area contributed by atoms with Gasteiger partial charge in [0.1, 0.15) is 5.75 Å². The molecule has 29 heavy (non-hydrogen) atoms. The van der Waals surface area contributed by atoms with E-state index in [-0.39, 0.29) is 6.04 Å². The number of aryl methyl sites for hydroxylation is 1. The minimum atomic E-state index is -4.36. The molecule has 1 aromatic heterocycles. The van der Waals surface area contributed by atoms with Crippen molar-refractivity contribution in [1.29, 1.82) is 0 Å². The Morgan fingerprint density at radius 1 is 1.00 bits per heavy atom. The number of para-hydroxylation sites is 1. The molecule has 0 radical (unpaired) electrons. The van der Waals surface area contributed by atoms with Crippen LogP contribution in [0.15, 0.2) is 66.9 Å². The van der Waals surface area contributed by atoms with E-state index < -0.39 is 11.7 Å². The molecule has 1 aliphatic rings. The van der Waals surface area contributed by atoms with E-state index in [1.807, 2.05) is 42.6 Å². The lowest BCUT2D eigenvalue weighted by Crippen LogP contribution is -2.30. The van der Waals surface area contributed by atoms with Crippen LogP contribution >= 0.6 is 0 Å². The number of hydrogen-bond acceptors (Lipinski definition) is 2. The fourth-order valence-corrected chi connectivity index (χ4v) is 4.13. The van der Waals surface area contributed by atoms with Crippen molar-refractivity contribution in [3.05, 3.63) is 89.2 Å². The number of nitrogens with zero attached hydrogens (tertiary/aromatic N) is 2. The van der Waals surface area contributed by atoms with Crippen LogP contribution in [0.4, 0.5) is 13.2 Å². The Hall–Kier alpha value is -2.73. The molecular formula is C23H23F3N2O. The zero-order valence-electron chi connectivity index (χ0n) is 16.2. The average molecular weight is 400 g/mol. The molecule has 1 aliphatic heterocycles. The quantitative estimate of drug-likeness (QED) is 0.575. The molecule has 2 aromatic carbocycles. The molecule has 0 N–H and O–H groups in total. The number of benzene rings is 2. The van der Waals surface area contributed by atoms with E-state index in [1.165, 1.54) is 12.1 Å². The van der Waals surface area contributed by atoms with Crippen molar-refractivity contribution in [3.63, 3.8) is 0 Å². The van der Waals surface area contributed by atoms with Crippen LogP contribution in [0.2, 0.25) is 0 Å². The standard InChI is InChI=1S/C23H23F3N2O/c1-29-21-11-3-2-7-18(21)16-28-14-6-13-27-12-5-10-20(27)22(28)17-8-4-9-19(15-17)23(24,25)26/h2-5,7-12,15,22H,6,13-14,16H2,1H3/t22-/m0/s1. The van der Waals surface area contributed by atoms with Gasteiger partial charge in [-0.3, -0.25) is 4.90 Å². The Labute approximate surface area is 168 Å². The van der Waals surface area contributed by atoms with Crippen molar-refractivity contribution in [2.45, 2.75) is 31.7 Å². The molecule has 0 amide bonds. The lowest BCUT2D eigenvalue weighted by atomic mass is 9.98. The highest BCUT2D eigenvalue weighted by atomic mass is 19.4. The minimum Gasteiger partial charge on any atom is -0.496 e. The molecule has 4 rings (SSSR count). The fourth-order valence-electron chi connectivity index (χ4n) is 4.13. The number of alkyl halides is 3. The third kappa shape index (κ3) is 4.03. The van der Waals surface area contributed by atoms with Crippen molar-refractivity contribution in [1.82, 2.24) is 9.47 Å². The van der Waals surface area contributed by atoms with Gasteiger partial charge in [0.15, 0.2) is 0 Å². The number of rotatable bonds is 4. The van der Waals surface area contributed by atoms with Gasteiger partial charge < -0.3 is 9.30 Å². The molecule has 0 fully saturated rings. The summed E-state index contributed by atoms with van der Waals surface area (Å²) in [6.45, 7) is 2.22. The molecule has 0 saturated heterocycles. The topological polar surface area (TPSA) is 17.4 Å². The normalized spacial score (nSPS) is 17.6. The van der Waals surface area contributed by atoms with E-state index >= 15 is 0 Å². The summed E-state index contributed by atoms with van der Waals surface area (Å²) in [5, 5.41) is 0. The highest BCUT2D eigenvalue weighted by Gasteiger charge is 2.33. The maximum absolute atomic E-state index is 13.4. The monoisotopic (exact) mass is 400 g/mol. The Morgan fingerprint density at radius 3 is 2.62 bits per heavy atom. The summed E-state index contributed by atoms with van der Waals surface area (Å²) >= 11 is 0. The van der Waals surface area contributed by atoms with Gasteiger partial charge in [-0.2, -0.15) is 13.2 Å². The van der Waals surface area contributed by atoms with Crippen LogP contribution < -0.4 is 4.74 Å². The molecule has 6 heteroatoms. The summed E-state index contributed by atoms with van der Waals surface area (Å²) in [6, 6.07) is 17.2. The predicted molar refractivity (Wildman–Crippen MR) is 106 cm³/mol. The third-order valence-corrected chi connectivity index (χ3v) is 5.45.